The van der Waals surface area contributed by atoms with Gasteiger partial charge < -0.3 is 10.6 Å². The van der Waals surface area contributed by atoms with Crippen LogP contribution >= 0.6 is 15.9 Å². The smallest absolute Gasteiger partial charge is 0.227 e. The largest absolute Gasteiger partial charge is 0.384 e. The molecule has 0 amide bonds. The van der Waals surface area contributed by atoms with E-state index in [1.165, 1.54) is 0 Å². The molecule has 0 unspecified atom stereocenters. The van der Waals surface area contributed by atoms with Crippen LogP contribution in [0.25, 0.3) is 11.3 Å². The predicted octanol–water partition coefficient (Wildman–Crippen LogP) is 3.33. The van der Waals surface area contributed by atoms with Crippen molar-refractivity contribution in [2.24, 2.45) is 0 Å². The molecule has 0 bridgehead atoms. The molecule has 5 heteroatoms. The van der Waals surface area contributed by atoms with E-state index >= 15 is 0 Å². The van der Waals surface area contributed by atoms with Crippen molar-refractivity contribution in [1.82, 2.24) is 9.97 Å². The standard InChI is InChI=1S/C14H17BrN4/c1-3-19(4-2)14-17-12(9-13(16)18-14)10-5-7-11(15)8-6-10/h5-9H,3-4H2,1-2H3,(H2,16,17,18). The Hall–Kier alpha value is -1.62. The molecule has 0 saturated carbocycles. The zero-order valence-electron chi connectivity index (χ0n) is 11.1. The average Bonchev–Trinajstić information content (AvgIpc) is 2.40. The maximum absolute atomic E-state index is 5.89. The summed E-state index contributed by atoms with van der Waals surface area (Å²) in [6.45, 7) is 5.88. The molecule has 0 aliphatic carbocycles. The second-order valence-corrected chi connectivity index (χ2v) is 5.07. The van der Waals surface area contributed by atoms with Gasteiger partial charge in [-0.25, -0.2) is 4.98 Å². The monoisotopic (exact) mass is 320 g/mol. The summed E-state index contributed by atoms with van der Waals surface area (Å²) in [7, 11) is 0. The molecule has 2 rings (SSSR count). The van der Waals surface area contributed by atoms with E-state index in [-0.39, 0.29) is 0 Å². The number of benzene rings is 1. The van der Waals surface area contributed by atoms with Gasteiger partial charge in [-0.2, -0.15) is 4.98 Å². The molecule has 0 aliphatic rings. The van der Waals surface area contributed by atoms with Crippen LogP contribution in [0.15, 0.2) is 34.8 Å². The van der Waals surface area contributed by atoms with E-state index in [0.29, 0.717) is 11.8 Å². The fourth-order valence-electron chi connectivity index (χ4n) is 1.87. The topological polar surface area (TPSA) is 55.0 Å². The predicted molar refractivity (Wildman–Crippen MR) is 83.1 cm³/mol. The zero-order valence-corrected chi connectivity index (χ0v) is 12.7. The van der Waals surface area contributed by atoms with Crippen LogP contribution in [0.3, 0.4) is 0 Å². The van der Waals surface area contributed by atoms with Gasteiger partial charge in [-0.1, -0.05) is 28.1 Å². The third kappa shape index (κ3) is 3.23. The molecule has 1 aromatic carbocycles. The lowest BCUT2D eigenvalue weighted by Crippen LogP contribution is -2.24. The Morgan fingerprint density at radius 1 is 1.11 bits per heavy atom. The normalized spacial score (nSPS) is 10.5. The Kier molecular flexibility index (Phi) is 4.37. The number of hydrogen-bond donors (Lipinski definition) is 1. The van der Waals surface area contributed by atoms with Gasteiger partial charge in [0.2, 0.25) is 5.95 Å². The average molecular weight is 321 g/mol. The summed E-state index contributed by atoms with van der Waals surface area (Å²) in [6, 6.07) is 9.81. The van der Waals surface area contributed by atoms with Crippen molar-refractivity contribution in [3.05, 3.63) is 34.8 Å². The first kappa shape index (κ1) is 13.8. The maximum Gasteiger partial charge on any atom is 0.227 e. The maximum atomic E-state index is 5.89. The summed E-state index contributed by atoms with van der Waals surface area (Å²) in [5.74, 6) is 1.18. The van der Waals surface area contributed by atoms with Gasteiger partial charge in [0.1, 0.15) is 5.82 Å². The van der Waals surface area contributed by atoms with Crippen LogP contribution in [-0.4, -0.2) is 23.1 Å². The van der Waals surface area contributed by atoms with Crippen LogP contribution in [0.5, 0.6) is 0 Å². The van der Waals surface area contributed by atoms with Gasteiger partial charge in [-0.3, -0.25) is 0 Å². The summed E-state index contributed by atoms with van der Waals surface area (Å²) >= 11 is 3.43. The molecule has 0 saturated heterocycles. The van der Waals surface area contributed by atoms with E-state index in [1.807, 2.05) is 24.3 Å². The zero-order chi connectivity index (χ0) is 13.8. The molecule has 4 nitrogen and oxygen atoms in total. The summed E-state index contributed by atoms with van der Waals surface area (Å²) < 4.78 is 1.04. The molecule has 19 heavy (non-hydrogen) atoms. The molecule has 0 fully saturated rings. The summed E-state index contributed by atoms with van der Waals surface area (Å²) in [5, 5.41) is 0. The highest BCUT2D eigenvalue weighted by Gasteiger charge is 2.09. The highest BCUT2D eigenvalue weighted by atomic mass is 79.9. The molecule has 2 aromatic rings. The van der Waals surface area contributed by atoms with E-state index in [2.05, 4.69) is 44.6 Å². The van der Waals surface area contributed by atoms with Crippen molar-refractivity contribution in [3.8, 4) is 11.3 Å². The van der Waals surface area contributed by atoms with Gasteiger partial charge in [0.25, 0.3) is 0 Å². The molecule has 0 spiro atoms. The minimum Gasteiger partial charge on any atom is -0.384 e. The SMILES string of the molecule is CCN(CC)c1nc(N)cc(-c2ccc(Br)cc2)n1. The second-order valence-electron chi connectivity index (χ2n) is 4.16. The van der Waals surface area contributed by atoms with E-state index in [0.717, 1.165) is 28.8 Å². The van der Waals surface area contributed by atoms with Crippen LogP contribution in [0, 0.1) is 0 Å². The van der Waals surface area contributed by atoms with Gasteiger partial charge >= 0.3 is 0 Å². The molecule has 2 N–H and O–H groups in total. The molecular formula is C14H17BrN4. The lowest BCUT2D eigenvalue weighted by molar-refractivity contribution is 0.824. The van der Waals surface area contributed by atoms with Crippen molar-refractivity contribution in [3.63, 3.8) is 0 Å². The van der Waals surface area contributed by atoms with Crippen molar-refractivity contribution in [2.45, 2.75) is 13.8 Å². The number of halogens is 1. The first-order valence-corrected chi connectivity index (χ1v) is 7.08. The first-order chi connectivity index (χ1) is 9.13. The number of aromatic nitrogens is 2. The number of hydrogen-bond acceptors (Lipinski definition) is 4. The number of nitrogens with zero attached hydrogens (tertiary/aromatic N) is 3. The summed E-state index contributed by atoms with van der Waals surface area (Å²) in [5.41, 5.74) is 7.77. The second kappa shape index (κ2) is 6.02. The molecule has 0 radical (unpaired) electrons. The Morgan fingerprint density at radius 3 is 2.32 bits per heavy atom. The van der Waals surface area contributed by atoms with E-state index in [9.17, 15) is 0 Å². The van der Waals surface area contributed by atoms with Crippen LogP contribution in [0.4, 0.5) is 11.8 Å². The van der Waals surface area contributed by atoms with Gasteiger partial charge in [0.15, 0.2) is 0 Å². The van der Waals surface area contributed by atoms with Gasteiger partial charge in [0, 0.05) is 29.2 Å². The van der Waals surface area contributed by atoms with Crippen LogP contribution in [-0.2, 0) is 0 Å². The van der Waals surface area contributed by atoms with Crippen molar-refractivity contribution >= 4 is 27.7 Å². The lowest BCUT2D eigenvalue weighted by atomic mass is 10.1. The fourth-order valence-corrected chi connectivity index (χ4v) is 2.13. The Balaban J connectivity index is 2.44. The van der Waals surface area contributed by atoms with E-state index in [4.69, 9.17) is 5.73 Å². The van der Waals surface area contributed by atoms with Crippen molar-refractivity contribution < 1.29 is 0 Å². The van der Waals surface area contributed by atoms with Gasteiger partial charge in [-0.15, -0.1) is 0 Å². The third-order valence-electron chi connectivity index (χ3n) is 2.92. The van der Waals surface area contributed by atoms with E-state index in [1.54, 1.807) is 6.07 Å². The fraction of sp³-hybridized carbons (Fsp3) is 0.286. The molecule has 1 heterocycles. The minimum atomic E-state index is 0.495. The van der Waals surface area contributed by atoms with Gasteiger partial charge in [0.05, 0.1) is 5.69 Å². The minimum absolute atomic E-state index is 0.495. The molecule has 1 aromatic heterocycles. The van der Waals surface area contributed by atoms with Crippen LogP contribution in [0.1, 0.15) is 13.8 Å². The summed E-state index contributed by atoms with van der Waals surface area (Å²) in [6.07, 6.45) is 0. The molecular weight excluding hydrogens is 304 g/mol. The van der Waals surface area contributed by atoms with Crippen LogP contribution < -0.4 is 10.6 Å². The van der Waals surface area contributed by atoms with Gasteiger partial charge in [-0.05, 0) is 26.0 Å². The Morgan fingerprint density at radius 2 is 1.74 bits per heavy atom. The van der Waals surface area contributed by atoms with E-state index < -0.39 is 0 Å². The van der Waals surface area contributed by atoms with Crippen molar-refractivity contribution in [2.75, 3.05) is 23.7 Å². The third-order valence-corrected chi connectivity index (χ3v) is 3.45. The summed E-state index contributed by atoms with van der Waals surface area (Å²) in [4.78, 5) is 11.0. The molecule has 0 aliphatic heterocycles. The highest BCUT2D eigenvalue weighted by molar-refractivity contribution is 9.10. The Labute approximate surface area is 121 Å². The molecule has 0 atom stereocenters. The molecule has 100 valence electrons. The number of nitrogens with two attached hydrogens (primary N) is 1. The van der Waals surface area contributed by atoms with Crippen molar-refractivity contribution in [1.29, 1.82) is 0 Å². The number of rotatable bonds is 4. The Bertz CT molecular complexity index is 550. The highest BCUT2D eigenvalue weighted by Crippen LogP contribution is 2.23. The number of anilines is 2. The lowest BCUT2D eigenvalue weighted by Gasteiger charge is -2.19. The first-order valence-electron chi connectivity index (χ1n) is 6.29. The quantitative estimate of drug-likeness (QED) is 0.938. The number of nitrogen functional groups attached to an aromatic ring is 1. The van der Waals surface area contributed by atoms with Crippen LogP contribution in [0.2, 0.25) is 0 Å².